The molecule has 1 aromatic carbocycles. The molecule has 0 fully saturated rings. The molecule has 0 amide bonds. The average molecular weight is 275 g/mol. The average Bonchev–Trinajstić information content (AvgIpc) is 2.93. The standard InChI is InChI=1S/C15H17NO2S/c1-11(14-8-5-9-19-14)16-10-13(15(17)18)12-6-3-2-4-7-12/h2-9,11,13,16H,10H2,1H3,(H,17,18)/t11-,13?/m1/s1. The molecule has 0 aliphatic carbocycles. The third-order valence-electron chi connectivity index (χ3n) is 3.10. The quantitative estimate of drug-likeness (QED) is 0.850. The summed E-state index contributed by atoms with van der Waals surface area (Å²) in [6.07, 6.45) is 0. The number of benzene rings is 1. The lowest BCUT2D eigenvalue weighted by Crippen LogP contribution is -2.28. The number of nitrogens with one attached hydrogen (secondary N) is 1. The molecule has 2 N–H and O–H groups in total. The molecule has 2 rings (SSSR count). The molecule has 2 aromatic rings. The van der Waals surface area contributed by atoms with Gasteiger partial charge in [0.15, 0.2) is 0 Å². The van der Waals surface area contributed by atoms with E-state index < -0.39 is 11.9 Å². The van der Waals surface area contributed by atoms with E-state index in [9.17, 15) is 9.90 Å². The predicted octanol–water partition coefficient (Wildman–Crippen LogP) is 3.27. The summed E-state index contributed by atoms with van der Waals surface area (Å²) >= 11 is 1.68. The Labute approximate surface area is 116 Å². The fourth-order valence-electron chi connectivity index (χ4n) is 1.97. The van der Waals surface area contributed by atoms with Gasteiger partial charge in [-0.2, -0.15) is 0 Å². The third kappa shape index (κ3) is 3.66. The molecule has 0 spiro atoms. The van der Waals surface area contributed by atoms with Gasteiger partial charge in [0.25, 0.3) is 0 Å². The minimum atomic E-state index is -0.794. The number of hydrogen-bond acceptors (Lipinski definition) is 3. The molecule has 1 unspecified atom stereocenters. The van der Waals surface area contributed by atoms with E-state index in [2.05, 4.69) is 18.3 Å². The van der Waals surface area contributed by atoms with Crippen molar-refractivity contribution in [2.45, 2.75) is 18.9 Å². The Hall–Kier alpha value is -1.65. The molecule has 0 aliphatic heterocycles. The van der Waals surface area contributed by atoms with Crippen LogP contribution in [0.25, 0.3) is 0 Å². The molecule has 0 saturated carbocycles. The van der Waals surface area contributed by atoms with Crippen LogP contribution in [0.5, 0.6) is 0 Å². The molecular weight excluding hydrogens is 258 g/mol. The second-order valence-corrected chi connectivity index (χ2v) is 5.43. The lowest BCUT2D eigenvalue weighted by Gasteiger charge is -2.17. The van der Waals surface area contributed by atoms with Gasteiger partial charge in [0.05, 0.1) is 5.92 Å². The SMILES string of the molecule is C[C@@H](NCC(C(=O)O)c1ccccc1)c1cccs1. The van der Waals surface area contributed by atoms with Crippen LogP contribution < -0.4 is 5.32 Å². The van der Waals surface area contributed by atoms with Crippen molar-refractivity contribution >= 4 is 17.3 Å². The molecule has 4 heteroatoms. The van der Waals surface area contributed by atoms with Gasteiger partial charge in [-0.05, 0) is 23.9 Å². The van der Waals surface area contributed by atoms with Crippen molar-refractivity contribution in [3.8, 4) is 0 Å². The van der Waals surface area contributed by atoms with Crippen LogP contribution in [-0.4, -0.2) is 17.6 Å². The van der Waals surface area contributed by atoms with Crippen molar-refractivity contribution < 1.29 is 9.90 Å². The van der Waals surface area contributed by atoms with E-state index in [0.29, 0.717) is 6.54 Å². The second-order valence-electron chi connectivity index (χ2n) is 4.45. The number of carboxylic acids is 1. The third-order valence-corrected chi connectivity index (χ3v) is 4.15. The Kier molecular flexibility index (Phi) is 4.71. The topological polar surface area (TPSA) is 49.3 Å². The summed E-state index contributed by atoms with van der Waals surface area (Å²) in [5.74, 6) is -1.30. The van der Waals surface area contributed by atoms with Crippen LogP contribution >= 0.6 is 11.3 Å². The highest BCUT2D eigenvalue weighted by Crippen LogP contribution is 2.20. The Bertz CT molecular complexity index is 510. The maximum atomic E-state index is 11.4. The first kappa shape index (κ1) is 13.8. The first-order chi connectivity index (χ1) is 9.18. The highest BCUT2D eigenvalue weighted by molar-refractivity contribution is 7.10. The molecule has 100 valence electrons. The van der Waals surface area contributed by atoms with Gasteiger partial charge in [-0.25, -0.2) is 0 Å². The Morgan fingerprint density at radius 1 is 1.26 bits per heavy atom. The molecule has 0 aliphatic rings. The van der Waals surface area contributed by atoms with Crippen LogP contribution in [-0.2, 0) is 4.79 Å². The second kappa shape index (κ2) is 6.50. The molecule has 3 nitrogen and oxygen atoms in total. The number of rotatable bonds is 6. The zero-order chi connectivity index (χ0) is 13.7. The zero-order valence-corrected chi connectivity index (χ0v) is 11.6. The molecule has 1 aromatic heterocycles. The molecule has 2 atom stereocenters. The van der Waals surface area contributed by atoms with E-state index in [0.717, 1.165) is 5.56 Å². The Morgan fingerprint density at radius 3 is 2.58 bits per heavy atom. The van der Waals surface area contributed by atoms with Crippen LogP contribution in [0.3, 0.4) is 0 Å². The zero-order valence-electron chi connectivity index (χ0n) is 10.7. The van der Waals surface area contributed by atoms with Crippen molar-refractivity contribution in [2.75, 3.05) is 6.54 Å². The first-order valence-electron chi connectivity index (χ1n) is 6.23. The molecule has 1 heterocycles. The van der Waals surface area contributed by atoms with Gasteiger partial charge >= 0.3 is 5.97 Å². The Morgan fingerprint density at radius 2 is 2.00 bits per heavy atom. The minimum absolute atomic E-state index is 0.172. The number of carbonyl (C=O) groups is 1. The molecule has 0 saturated heterocycles. The van der Waals surface area contributed by atoms with Gasteiger partial charge in [-0.15, -0.1) is 11.3 Å². The molecule has 0 bridgehead atoms. The number of hydrogen-bond donors (Lipinski definition) is 2. The fourth-order valence-corrected chi connectivity index (χ4v) is 2.72. The summed E-state index contributed by atoms with van der Waals surface area (Å²) in [5, 5.41) is 14.7. The van der Waals surface area contributed by atoms with Crippen molar-refractivity contribution in [3.63, 3.8) is 0 Å². The van der Waals surface area contributed by atoms with Gasteiger partial charge < -0.3 is 10.4 Å². The van der Waals surface area contributed by atoms with Gasteiger partial charge in [0.1, 0.15) is 0 Å². The van der Waals surface area contributed by atoms with Gasteiger partial charge in [0.2, 0.25) is 0 Å². The van der Waals surface area contributed by atoms with Crippen molar-refractivity contribution in [1.82, 2.24) is 5.32 Å². The van der Waals surface area contributed by atoms with Crippen LogP contribution in [0.4, 0.5) is 0 Å². The van der Waals surface area contributed by atoms with Gasteiger partial charge in [-0.3, -0.25) is 4.79 Å². The van der Waals surface area contributed by atoms with E-state index >= 15 is 0 Å². The maximum Gasteiger partial charge on any atom is 0.312 e. The van der Waals surface area contributed by atoms with Crippen molar-refractivity contribution in [2.24, 2.45) is 0 Å². The van der Waals surface area contributed by atoms with Crippen molar-refractivity contribution in [1.29, 1.82) is 0 Å². The van der Waals surface area contributed by atoms with E-state index in [-0.39, 0.29) is 6.04 Å². The summed E-state index contributed by atoms with van der Waals surface area (Å²) in [6.45, 7) is 2.48. The van der Waals surface area contributed by atoms with E-state index in [1.807, 2.05) is 41.8 Å². The van der Waals surface area contributed by atoms with Crippen LogP contribution in [0, 0.1) is 0 Å². The van der Waals surface area contributed by atoms with Crippen LogP contribution in [0.2, 0.25) is 0 Å². The Balaban J connectivity index is 2.01. The highest BCUT2D eigenvalue weighted by Gasteiger charge is 2.20. The molecular formula is C15H17NO2S. The summed E-state index contributed by atoms with van der Waals surface area (Å²) in [6, 6.07) is 13.6. The smallest absolute Gasteiger partial charge is 0.312 e. The first-order valence-corrected chi connectivity index (χ1v) is 7.11. The summed E-state index contributed by atoms with van der Waals surface area (Å²) in [4.78, 5) is 12.6. The highest BCUT2D eigenvalue weighted by atomic mass is 32.1. The largest absolute Gasteiger partial charge is 0.481 e. The van der Waals surface area contributed by atoms with Crippen LogP contribution in [0.1, 0.15) is 29.3 Å². The van der Waals surface area contributed by atoms with E-state index in [1.54, 1.807) is 11.3 Å². The fraction of sp³-hybridized carbons (Fsp3) is 0.267. The lowest BCUT2D eigenvalue weighted by molar-refractivity contribution is -0.138. The molecule has 19 heavy (non-hydrogen) atoms. The normalized spacial score (nSPS) is 13.9. The van der Waals surface area contributed by atoms with Crippen LogP contribution in [0.15, 0.2) is 47.8 Å². The minimum Gasteiger partial charge on any atom is -0.481 e. The number of thiophene rings is 1. The maximum absolute atomic E-state index is 11.4. The lowest BCUT2D eigenvalue weighted by atomic mass is 9.99. The number of aliphatic carboxylic acids is 1. The summed E-state index contributed by atoms with van der Waals surface area (Å²) < 4.78 is 0. The molecule has 0 radical (unpaired) electrons. The van der Waals surface area contributed by atoms with E-state index in [4.69, 9.17) is 0 Å². The summed E-state index contributed by atoms with van der Waals surface area (Å²) in [7, 11) is 0. The van der Waals surface area contributed by atoms with Gasteiger partial charge in [0, 0.05) is 17.5 Å². The van der Waals surface area contributed by atoms with E-state index in [1.165, 1.54) is 4.88 Å². The predicted molar refractivity (Wildman–Crippen MR) is 77.6 cm³/mol. The summed E-state index contributed by atoms with van der Waals surface area (Å²) in [5.41, 5.74) is 0.834. The monoisotopic (exact) mass is 275 g/mol. The number of carboxylic acid groups (broad SMARTS) is 1. The van der Waals surface area contributed by atoms with Crippen molar-refractivity contribution in [3.05, 3.63) is 58.3 Å². The van der Waals surface area contributed by atoms with Gasteiger partial charge in [-0.1, -0.05) is 36.4 Å².